The third-order valence-corrected chi connectivity index (χ3v) is 5.56. The SMILES string of the molecule is COc1ccc(SC2CC(C(C)C)CCC2N)cc1. The lowest BCUT2D eigenvalue weighted by Crippen LogP contribution is -2.39. The second kappa shape index (κ2) is 6.67. The molecule has 0 amide bonds. The highest BCUT2D eigenvalue weighted by atomic mass is 32.2. The predicted molar refractivity (Wildman–Crippen MR) is 82.8 cm³/mol. The molecular formula is C16H25NOS. The molecule has 0 aromatic heterocycles. The molecule has 3 heteroatoms. The first-order valence-corrected chi connectivity index (χ1v) is 8.04. The van der Waals surface area contributed by atoms with Gasteiger partial charge < -0.3 is 10.5 Å². The third kappa shape index (κ3) is 3.90. The highest BCUT2D eigenvalue weighted by molar-refractivity contribution is 8.00. The summed E-state index contributed by atoms with van der Waals surface area (Å²) in [6, 6.07) is 8.65. The van der Waals surface area contributed by atoms with Gasteiger partial charge in [-0.3, -0.25) is 0 Å². The standard InChI is InChI=1S/C16H25NOS/c1-11(2)12-4-9-15(17)16(10-12)19-14-7-5-13(18-3)6-8-14/h5-8,11-12,15-16H,4,9-10,17H2,1-3H3. The first kappa shape index (κ1) is 14.7. The van der Waals surface area contributed by atoms with E-state index in [2.05, 4.69) is 26.0 Å². The zero-order valence-electron chi connectivity index (χ0n) is 12.1. The summed E-state index contributed by atoms with van der Waals surface area (Å²) in [7, 11) is 1.70. The van der Waals surface area contributed by atoms with E-state index >= 15 is 0 Å². The number of hydrogen-bond donors (Lipinski definition) is 1. The Morgan fingerprint density at radius 3 is 2.47 bits per heavy atom. The van der Waals surface area contributed by atoms with E-state index < -0.39 is 0 Å². The average molecular weight is 279 g/mol. The monoisotopic (exact) mass is 279 g/mol. The van der Waals surface area contributed by atoms with Crippen molar-refractivity contribution in [2.75, 3.05) is 7.11 Å². The Morgan fingerprint density at radius 1 is 1.21 bits per heavy atom. The van der Waals surface area contributed by atoms with Crippen LogP contribution >= 0.6 is 11.8 Å². The number of ether oxygens (including phenoxy) is 1. The molecule has 0 radical (unpaired) electrons. The smallest absolute Gasteiger partial charge is 0.118 e. The molecule has 0 bridgehead atoms. The van der Waals surface area contributed by atoms with E-state index in [4.69, 9.17) is 10.5 Å². The summed E-state index contributed by atoms with van der Waals surface area (Å²) in [5.41, 5.74) is 6.30. The summed E-state index contributed by atoms with van der Waals surface area (Å²) in [5.74, 6) is 2.51. The van der Waals surface area contributed by atoms with Crippen molar-refractivity contribution in [1.29, 1.82) is 0 Å². The highest BCUT2D eigenvalue weighted by Crippen LogP contribution is 2.38. The van der Waals surface area contributed by atoms with Crippen molar-refractivity contribution in [1.82, 2.24) is 0 Å². The molecule has 0 spiro atoms. The molecule has 0 saturated heterocycles. The van der Waals surface area contributed by atoms with Gasteiger partial charge in [0, 0.05) is 16.2 Å². The minimum atomic E-state index is 0.335. The van der Waals surface area contributed by atoms with E-state index in [0.29, 0.717) is 11.3 Å². The number of methoxy groups -OCH3 is 1. The quantitative estimate of drug-likeness (QED) is 0.906. The van der Waals surface area contributed by atoms with Crippen molar-refractivity contribution in [3.63, 3.8) is 0 Å². The molecule has 1 aliphatic carbocycles. The van der Waals surface area contributed by atoms with Gasteiger partial charge in [0.05, 0.1) is 7.11 Å². The van der Waals surface area contributed by atoms with Crippen LogP contribution in [0, 0.1) is 11.8 Å². The number of rotatable bonds is 4. The van der Waals surface area contributed by atoms with Crippen molar-refractivity contribution in [2.24, 2.45) is 17.6 Å². The van der Waals surface area contributed by atoms with Gasteiger partial charge in [0.2, 0.25) is 0 Å². The minimum absolute atomic E-state index is 0.335. The number of benzene rings is 1. The van der Waals surface area contributed by atoms with Crippen molar-refractivity contribution in [3.05, 3.63) is 24.3 Å². The van der Waals surface area contributed by atoms with Crippen LogP contribution in [0.25, 0.3) is 0 Å². The third-order valence-electron chi connectivity index (χ3n) is 4.17. The fraction of sp³-hybridized carbons (Fsp3) is 0.625. The van der Waals surface area contributed by atoms with Crippen molar-refractivity contribution >= 4 is 11.8 Å². The van der Waals surface area contributed by atoms with E-state index in [0.717, 1.165) is 24.0 Å². The van der Waals surface area contributed by atoms with Crippen LogP contribution in [0.1, 0.15) is 33.1 Å². The van der Waals surface area contributed by atoms with E-state index in [1.54, 1.807) is 7.11 Å². The van der Waals surface area contributed by atoms with Crippen LogP contribution in [0.2, 0.25) is 0 Å². The Bertz CT molecular complexity index is 390. The summed E-state index contributed by atoms with van der Waals surface area (Å²) in [6.45, 7) is 4.66. The van der Waals surface area contributed by atoms with Gasteiger partial charge in [-0.1, -0.05) is 13.8 Å². The molecule has 3 atom stereocenters. The van der Waals surface area contributed by atoms with Gasteiger partial charge in [0.15, 0.2) is 0 Å². The van der Waals surface area contributed by atoms with Crippen LogP contribution in [-0.4, -0.2) is 18.4 Å². The van der Waals surface area contributed by atoms with Crippen LogP contribution in [-0.2, 0) is 0 Å². The van der Waals surface area contributed by atoms with Gasteiger partial charge >= 0.3 is 0 Å². The van der Waals surface area contributed by atoms with Crippen LogP contribution in [0.3, 0.4) is 0 Å². The summed E-state index contributed by atoms with van der Waals surface area (Å²) in [6.07, 6.45) is 3.70. The zero-order chi connectivity index (χ0) is 13.8. The molecule has 2 rings (SSSR count). The Hall–Kier alpha value is -0.670. The Labute approximate surface area is 121 Å². The van der Waals surface area contributed by atoms with Crippen LogP contribution in [0.4, 0.5) is 0 Å². The fourth-order valence-corrected chi connectivity index (χ4v) is 4.05. The van der Waals surface area contributed by atoms with Crippen molar-refractivity contribution in [2.45, 2.75) is 49.3 Å². The van der Waals surface area contributed by atoms with Gasteiger partial charge in [-0.25, -0.2) is 0 Å². The van der Waals surface area contributed by atoms with Gasteiger partial charge in [0.25, 0.3) is 0 Å². The molecule has 106 valence electrons. The summed E-state index contributed by atoms with van der Waals surface area (Å²) in [4.78, 5) is 1.30. The van der Waals surface area contributed by atoms with Crippen molar-refractivity contribution in [3.8, 4) is 5.75 Å². The molecule has 0 aliphatic heterocycles. The summed E-state index contributed by atoms with van der Waals surface area (Å²) >= 11 is 1.93. The molecule has 2 N–H and O–H groups in total. The largest absolute Gasteiger partial charge is 0.497 e. The fourth-order valence-electron chi connectivity index (χ4n) is 2.75. The van der Waals surface area contributed by atoms with E-state index in [9.17, 15) is 0 Å². The second-order valence-corrected chi connectivity index (χ2v) is 7.13. The second-order valence-electron chi connectivity index (χ2n) is 5.81. The zero-order valence-corrected chi connectivity index (χ0v) is 13.0. The lowest BCUT2D eigenvalue weighted by molar-refractivity contribution is 0.266. The normalized spacial score (nSPS) is 27.5. The maximum atomic E-state index is 6.30. The Balaban J connectivity index is 1.99. The van der Waals surface area contributed by atoms with Gasteiger partial charge in [-0.05, 0) is 55.4 Å². The Kier molecular flexibility index (Phi) is 5.17. The molecule has 2 nitrogen and oxygen atoms in total. The molecule has 1 fully saturated rings. The molecule has 3 unspecified atom stereocenters. The molecule has 1 aliphatic rings. The minimum Gasteiger partial charge on any atom is -0.497 e. The molecule has 0 heterocycles. The number of thioether (sulfide) groups is 1. The molecule has 1 saturated carbocycles. The predicted octanol–water partition coefficient (Wildman–Crippen LogP) is 3.94. The lowest BCUT2D eigenvalue weighted by atomic mass is 9.79. The Morgan fingerprint density at radius 2 is 1.89 bits per heavy atom. The van der Waals surface area contributed by atoms with Crippen LogP contribution < -0.4 is 10.5 Å². The average Bonchev–Trinajstić information content (AvgIpc) is 2.42. The first-order chi connectivity index (χ1) is 9.10. The molecule has 1 aromatic rings. The topological polar surface area (TPSA) is 35.2 Å². The van der Waals surface area contributed by atoms with Crippen molar-refractivity contribution < 1.29 is 4.74 Å². The molecular weight excluding hydrogens is 254 g/mol. The van der Waals surface area contributed by atoms with Gasteiger partial charge in [-0.2, -0.15) is 0 Å². The maximum Gasteiger partial charge on any atom is 0.118 e. The van der Waals surface area contributed by atoms with Gasteiger partial charge in [0.1, 0.15) is 5.75 Å². The van der Waals surface area contributed by atoms with Crippen LogP contribution in [0.15, 0.2) is 29.2 Å². The molecule has 1 aromatic carbocycles. The van der Waals surface area contributed by atoms with E-state index in [-0.39, 0.29) is 0 Å². The van der Waals surface area contributed by atoms with E-state index in [1.165, 1.54) is 17.7 Å². The maximum absolute atomic E-state index is 6.30. The first-order valence-electron chi connectivity index (χ1n) is 7.16. The van der Waals surface area contributed by atoms with E-state index in [1.807, 2.05) is 23.9 Å². The number of hydrogen-bond acceptors (Lipinski definition) is 3. The number of nitrogens with two attached hydrogens (primary N) is 1. The summed E-state index contributed by atoms with van der Waals surface area (Å²) < 4.78 is 5.19. The summed E-state index contributed by atoms with van der Waals surface area (Å²) in [5, 5.41) is 0.551. The van der Waals surface area contributed by atoms with Gasteiger partial charge in [-0.15, -0.1) is 11.8 Å². The highest BCUT2D eigenvalue weighted by Gasteiger charge is 2.30. The molecule has 19 heavy (non-hydrogen) atoms. The lowest BCUT2D eigenvalue weighted by Gasteiger charge is -2.35. The van der Waals surface area contributed by atoms with Crippen LogP contribution in [0.5, 0.6) is 5.75 Å².